The fourth-order valence-electron chi connectivity index (χ4n) is 0.954. The first-order chi connectivity index (χ1) is 7.08. The third-order valence-electron chi connectivity index (χ3n) is 1.62. The molecule has 6 heteroatoms. The number of amidine groups is 1. The Hall–Kier alpha value is -0.810. The minimum absolute atomic E-state index is 0.0842. The number of rotatable bonds is 3. The first-order valence-electron chi connectivity index (χ1n) is 4.00. The van der Waals surface area contributed by atoms with E-state index in [1.807, 2.05) is 0 Å². The quantitative estimate of drug-likeness (QED) is 0.529. The molecule has 1 rings (SSSR count). The summed E-state index contributed by atoms with van der Waals surface area (Å²) in [6.45, 7) is 0. The van der Waals surface area contributed by atoms with Crippen molar-refractivity contribution in [2.24, 2.45) is 10.7 Å². The largest absolute Gasteiger partial charge is 0.494 e. The highest BCUT2D eigenvalue weighted by atomic mass is 79.9. The predicted octanol–water partition coefficient (Wildman–Crippen LogP) is 2.82. The highest BCUT2D eigenvalue weighted by Gasteiger charge is 2.08. The van der Waals surface area contributed by atoms with Gasteiger partial charge < -0.3 is 10.5 Å². The molecule has 0 fully saturated rings. The van der Waals surface area contributed by atoms with Crippen LogP contribution >= 0.6 is 27.5 Å². The zero-order valence-electron chi connectivity index (χ0n) is 7.93. The Morgan fingerprint density at radius 2 is 2.33 bits per heavy atom. The first-order valence-corrected chi connectivity index (χ1v) is 5.33. The van der Waals surface area contributed by atoms with Crippen molar-refractivity contribution < 1.29 is 9.13 Å². The van der Waals surface area contributed by atoms with E-state index in [0.717, 1.165) is 0 Å². The van der Waals surface area contributed by atoms with Crippen molar-refractivity contribution in [1.82, 2.24) is 0 Å². The van der Waals surface area contributed by atoms with Crippen molar-refractivity contribution in [3.63, 3.8) is 0 Å². The van der Waals surface area contributed by atoms with Gasteiger partial charge >= 0.3 is 0 Å². The van der Waals surface area contributed by atoms with Crippen molar-refractivity contribution in [2.45, 2.75) is 0 Å². The fourth-order valence-corrected chi connectivity index (χ4v) is 1.34. The molecule has 0 atom stereocenters. The summed E-state index contributed by atoms with van der Waals surface area (Å²) in [6.07, 6.45) is 0. The average molecular weight is 296 g/mol. The molecule has 3 nitrogen and oxygen atoms in total. The molecule has 15 heavy (non-hydrogen) atoms. The van der Waals surface area contributed by atoms with Crippen LogP contribution in [0.3, 0.4) is 0 Å². The standard InChI is InChI=1S/C9H9BrClFN2O/c1-15-8-2-5(10)6(12)3-7(8)14-9(13)4-11/h2-3H,4H2,1H3,(H2,13,14). The van der Waals surface area contributed by atoms with E-state index < -0.39 is 5.82 Å². The number of alkyl halides is 1. The Morgan fingerprint density at radius 3 is 2.87 bits per heavy atom. The smallest absolute Gasteiger partial charge is 0.145 e. The summed E-state index contributed by atoms with van der Waals surface area (Å²) in [6, 6.07) is 2.71. The number of nitrogens with two attached hydrogens (primary N) is 1. The second kappa shape index (κ2) is 5.32. The molecule has 0 radical (unpaired) electrons. The van der Waals surface area contributed by atoms with Crippen LogP contribution in [-0.2, 0) is 0 Å². The molecule has 1 aromatic carbocycles. The fraction of sp³-hybridized carbons (Fsp3) is 0.222. The third-order valence-corrected chi connectivity index (χ3v) is 2.50. The minimum atomic E-state index is -0.433. The van der Waals surface area contributed by atoms with Gasteiger partial charge in [0.25, 0.3) is 0 Å². The molecule has 0 saturated heterocycles. The lowest BCUT2D eigenvalue weighted by Gasteiger charge is -2.06. The molecule has 0 unspecified atom stereocenters. The molecule has 0 heterocycles. The summed E-state index contributed by atoms with van der Waals surface area (Å²) >= 11 is 8.51. The van der Waals surface area contributed by atoms with Gasteiger partial charge in [0.15, 0.2) is 0 Å². The van der Waals surface area contributed by atoms with E-state index in [2.05, 4.69) is 20.9 Å². The maximum Gasteiger partial charge on any atom is 0.145 e. The zero-order chi connectivity index (χ0) is 11.4. The van der Waals surface area contributed by atoms with Gasteiger partial charge in [0.2, 0.25) is 0 Å². The summed E-state index contributed by atoms with van der Waals surface area (Å²) in [7, 11) is 1.47. The van der Waals surface area contributed by atoms with Crippen LogP contribution in [0.5, 0.6) is 5.75 Å². The van der Waals surface area contributed by atoms with Crippen molar-refractivity contribution in [3.8, 4) is 5.75 Å². The SMILES string of the molecule is COc1cc(Br)c(F)cc1N=C(N)CCl. The second-order valence-corrected chi connectivity index (χ2v) is 3.80. The van der Waals surface area contributed by atoms with E-state index in [0.29, 0.717) is 15.9 Å². The van der Waals surface area contributed by atoms with Gasteiger partial charge in [-0.15, -0.1) is 11.6 Å². The average Bonchev–Trinajstić information content (AvgIpc) is 2.22. The highest BCUT2D eigenvalue weighted by molar-refractivity contribution is 9.10. The molecule has 0 aliphatic carbocycles. The predicted molar refractivity (Wildman–Crippen MR) is 62.7 cm³/mol. The first kappa shape index (κ1) is 12.3. The van der Waals surface area contributed by atoms with Gasteiger partial charge in [-0.25, -0.2) is 9.38 Å². The Bertz CT molecular complexity index is 398. The molecule has 2 N–H and O–H groups in total. The van der Waals surface area contributed by atoms with Gasteiger partial charge in [-0.2, -0.15) is 0 Å². The molecule has 0 aliphatic rings. The Morgan fingerprint density at radius 1 is 1.67 bits per heavy atom. The maximum atomic E-state index is 13.2. The van der Waals surface area contributed by atoms with Gasteiger partial charge in [-0.05, 0) is 22.0 Å². The van der Waals surface area contributed by atoms with E-state index in [1.165, 1.54) is 19.2 Å². The summed E-state index contributed by atoms with van der Waals surface area (Å²) in [5, 5.41) is 0. The molecule has 0 bridgehead atoms. The van der Waals surface area contributed by atoms with E-state index >= 15 is 0 Å². The summed E-state index contributed by atoms with van der Waals surface area (Å²) in [5.41, 5.74) is 5.76. The number of halogens is 3. The lowest BCUT2D eigenvalue weighted by atomic mass is 10.3. The molecule has 0 aromatic heterocycles. The highest BCUT2D eigenvalue weighted by Crippen LogP contribution is 2.32. The molecule has 1 aromatic rings. The van der Waals surface area contributed by atoms with Gasteiger partial charge in [0, 0.05) is 6.07 Å². The van der Waals surface area contributed by atoms with Crippen LogP contribution in [0, 0.1) is 5.82 Å². The van der Waals surface area contributed by atoms with Crippen molar-refractivity contribution >= 4 is 39.1 Å². The number of methoxy groups -OCH3 is 1. The molecule has 0 aliphatic heterocycles. The summed E-state index contributed by atoms with van der Waals surface area (Å²) in [5.74, 6) is 0.283. The molecular weight excluding hydrogens is 286 g/mol. The number of hydrogen-bond acceptors (Lipinski definition) is 2. The van der Waals surface area contributed by atoms with Crippen LogP contribution in [0.1, 0.15) is 0 Å². The van der Waals surface area contributed by atoms with E-state index in [1.54, 1.807) is 0 Å². The lowest BCUT2D eigenvalue weighted by Crippen LogP contribution is -2.12. The zero-order valence-corrected chi connectivity index (χ0v) is 10.3. The van der Waals surface area contributed by atoms with Crippen LogP contribution < -0.4 is 10.5 Å². The number of benzene rings is 1. The van der Waals surface area contributed by atoms with Gasteiger partial charge in [0.1, 0.15) is 23.1 Å². The van der Waals surface area contributed by atoms with Crippen LogP contribution in [0.2, 0.25) is 0 Å². The van der Waals surface area contributed by atoms with E-state index in [-0.39, 0.29) is 11.7 Å². The van der Waals surface area contributed by atoms with Crippen LogP contribution in [0.4, 0.5) is 10.1 Å². The Kier molecular flexibility index (Phi) is 4.35. The van der Waals surface area contributed by atoms with E-state index in [9.17, 15) is 4.39 Å². The van der Waals surface area contributed by atoms with Crippen LogP contribution in [-0.4, -0.2) is 18.8 Å². The maximum absolute atomic E-state index is 13.2. The Labute approximate surface area is 100 Å². The van der Waals surface area contributed by atoms with E-state index in [4.69, 9.17) is 22.1 Å². The van der Waals surface area contributed by atoms with Gasteiger partial charge in [-0.3, -0.25) is 0 Å². The van der Waals surface area contributed by atoms with Crippen molar-refractivity contribution in [2.75, 3.05) is 13.0 Å². The molecule has 0 spiro atoms. The van der Waals surface area contributed by atoms with Gasteiger partial charge in [0.05, 0.1) is 17.5 Å². The minimum Gasteiger partial charge on any atom is -0.494 e. The number of nitrogens with zero attached hydrogens (tertiary/aromatic N) is 1. The normalized spacial score (nSPS) is 11.6. The topological polar surface area (TPSA) is 47.6 Å². The van der Waals surface area contributed by atoms with Crippen molar-refractivity contribution in [3.05, 3.63) is 22.4 Å². The van der Waals surface area contributed by atoms with Crippen LogP contribution in [0.25, 0.3) is 0 Å². The summed E-state index contributed by atoms with van der Waals surface area (Å²) in [4.78, 5) is 3.93. The number of aliphatic imine (C=N–C) groups is 1. The second-order valence-electron chi connectivity index (χ2n) is 2.67. The van der Waals surface area contributed by atoms with Crippen molar-refractivity contribution in [1.29, 1.82) is 0 Å². The van der Waals surface area contributed by atoms with Gasteiger partial charge in [-0.1, -0.05) is 0 Å². The molecule has 0 saturated carbocycles. The Balaban J connectivity index is 3.22. The molecule has 0 amide bonds. The number of ether oxygens (including phenoxy) is 1. The third kappa shape index (κ3) is 3.07. The summed E-state index contributed by atoms with van der Waals surface area (Å²) < 4.78 is 18.5. The molecular formula is C9H9BrClFN2O. The van der Waals surface area contributed by atoms with Crippen LogP contribution in [0.15, 0.2) is 21.6 Å². The molecule has 82 valence electrons. The monoisotopic (exact) mass is 294 g/mol. The lowest BCUT2D eigenvalue weighted by molar-refractivity contribution is 0.414. The number of hydrogen-bond donors (Lipinski definition) is 1.